The third kappa shape index (κ3) is 3.87. The van der Waals surface area contributed by atoms with E-state index in [2.05, 4.69) is 116 Å². The predicted octanol–water partition coefficient (Wildman–Crippen LogP) is 7.60. The molecule has 0 unspecified atom stereocenters. The fourth-order valence-electron chi connectivity index (χ4n) is 7.28. The van der Waals surface area contributed by atoms with Gasteiger partial charge in [-0.3, -0.25) is 0 Å². The first kappa shape index (κ1) is 26.6. The predicted molar refractivity (Wildman–Crippen MR) is 164 cm³/mol. The average molecular weight is 619 g/mol. The molecule has 3 aliphatic rings. The maximum Gasteiger partial charge on any atom is -0.147 e. The van der Waals surface area contributed by atoms with Crippen molar-refractivity contribution in [1.82, 2.24) is 0 Å². The number of fused-ring (bicyclic) bond motifs is 6. The van der Waals surface area contributed by atoms with E-state index in [1.54, 1.807) is 21.0 Å². The molecule has 0 saturated carbocycles. The van der Waals surface area contributed by atoms with E-state index >= 15 is 0 Å². The SMILES string of the molecule is C[SiH](C)[Zr]([C]1=CC=CC1)([c]1cccc2c1Cc1ccccc1-2)[c]1cccc2c1Cc1ccccc1-2.Cl.Cl. The van der Waals surface area contributed by atoms with E-state index in [4.69, 9.17) is 0 Å². The summed E-state index contributed by atoms with van der Waals surface area (Å²) in [7, 11) is 0. The molecule has 0 atom stereocenters. The summed E-state index contributed by atoms with van der Waals surface area (Å²) in [5, 5.41) is 0. The molecule has 0 N–H and O–H groups in total. The summed E-state index contributed by atoms with van der Waals surface area (Å²) >= 11 is -3.23. The topological polar surface area (TPSA) is 0 Å². The summed E-state index contributed by atoms with van der Waals surface area (Å²) in [6.07, 6.45) is 10.6. The summed E-state index contributed by atoms with van der Waals surface area (Å²) in [4.78, 5) is 0. The van der Waals surface area contributed by atoms with Gasteiger partial charge in [0.25, 0.3) is 0 Å². The second-order valence-electron chi connectivity index (χ2n) is 10.6. The molecule has 4 heteroatoms. The van der Waals surface area contributed by atoms with E-state index in [-0.39, 0.29) is 24.8 Å². The monoisotopic (exact) mass is 616 g/mol. The van der Waals surface area contributed by atoms with Crippen LogP contribution in [0.4, 0.5) is 0 Å². The largest absolute Gasteiger partial charge is 0.147 e. The van der Waals surface area contributed by atoms with Gasteiger partial charge in [-0.05, 0) is 0 Å². The van der Waals surface area contributed by atoms with E-state index < -0.39 is 25.4 Å². The Balaban J connectivity index is 0.00000140. The Morgan fingerprint density at radius 2 is 1.08 bits per heavy atom. The van der Waals surface area contributed by atoms with Crippen LogP contribution < -0.4 is 6.54 Å². The molecule has 0 amide bonds. The average Bonchev–Trinajstić information content (AvgIpc) is 3.62. The number of halogens is 2. The Labute approximate surface area is 238 Å². The van der Waals surface area contributed by atoms with Crippen molar-refractivity contribution in [3.8, 4) is 22.3 Å². The zero-order chi connectivity index (χ0) is 23.6. The molecule has 37 heavy (non-hydrogen) atoms. The summed E-state index contributed by atoms with van der Waals surface area (Å²) in [6.45, 7) is 5.33. The summed E-state index contributed by atoms with van der Waals surface area (Å²) < 4.78 is 5.35. The molecule has 7 rings (SSSR count). The number of rotatable bonds is 4. The molecular weight excluding hydrogens is 587 g/mol. The molecule has 0 fully saturated rings. The minimum atomic E-state index is -3.23. The van der Waals surface area contributed by atoms with Crippen LogP contribution in [0.1, 0.15) is 28.7 Å². The molecule has 0 nitrogen and oxygen atoms in total. The normalized spacial score (nSPS) is 14.3. The molecule has 0 saturated heterocycles. The molecule has 0 heterocycles. The fourth-order valence-corrected chi connectivity index (χ4v) is 38.0. The van der Waals surface area contributed by atoms with Gasteiger partial charge in [0.1, 0.15) is 0 Å². The van der Waals surface area contributed by atoms with Crippen molar-refractivity contribution >= 4 is 37.3 Å². The summed E-state index contributed by atoms with van der Waals surface area (Å²) in [5.41, 5.74) is 12.2. The standard InChI is InChI=1S/2C13H9.C5H5.C2H7Si.2ClH.Zr/c2*1-3-7-12-10(5-1)9-11-6-2-4-8-13(11)12;1-2-4-5-3-1;1-3-2;;;/h2*1-5,7-8H,9H2;1-3H,4H2;3H,1-2H3;2*1H;. The fraction of sp³-hybridized carbons (Fsp3) is 0.152. The molecule has 0 aliphatic heterocycles. The van der Waals surface area contributed by atoms with Gasteiger partial charge in [0.05, 0.1) is 0 Å². The number of benzene rings is 4. The Morgan fingerprint density at radius 1 is 0.595 bits per heavy atom. The maximum absolute atomic E-state index is 3.23. The maximum atomic E-state index is 2.66. The van der Waals surface area contributed by atoms with Crippen LogP contribution in [0.25, 0.3) is 22.3 Å². The minimum Gasteiger partial charge on any atom is -0.147 e. The van der Waals surface area contributed by atoms with E-state index in [1.165, 1.54) is 33.4 Å². The van der Waals surface area contributed by atoms with Gasteiger partial charge < -0.3 is 0 Å². The van der Waals surface area contributed by atoms with E-state index in [0.29, 0.717) is 0 Å². The Hall–Kier alpha value is -1.96. The van der Waals surface area contributed by atoms with Gasteiger partial charge >= 0.3 is 215 Å². The van der Waals surface area contributed by atoms with Crippen molar-refractivity contribution in [1.29, 1.82) is 0 Å². The van der Waals surface area contributed by atoms with E-state index in [0.717, 1.165) is 19.3 Å². The van der Waals surface area contributed by atoms with Crippen molar-refractivity contribution in [2.45, 2.75) is 32.4 Å². The van der Waals surface area contributed by atoms with Crippen LogP contribution >= 0.6 is 24.8 Å². The molecule has 0 radical (unpaired) electrons. The first-order valence-electron chi connectivity index (χ1n) is 13.0. The van der Waals surface area contributed by atoms with Crippen molar-refractivity contribution in [3.05, 3.63) is 129 Å². The van der Waals surface area contributed by atoms with Gasteiger partial charge in [-0.2, -0.15) is 0 Å². The molecule has 4 aromatic carbocycles. The van der Waals surface area contributed by atoms with Gasteiger partial charge in [0.2, 0.25) is 0 Å². The van der Waals surface area contributed by atoms with Crippen molar-refractivity contribution in [2.24, 2.45) is 0 Å². The Morgan fingerprint density at radius 3 is 1.54 bits per heavy atom. The van der Waals surface area contributed by atoms with Gasteiger partial charge in [0, 0.05) is 0 Å². The Kier molecular flexibility index (Phi) is 7.42. The van der Waals surface area contributed by atoms with Crippen LogP contribution in [0.15, 0.2) is 106 Å². The van der Waals surface area contributed by atoms with Crippen LogP contribution in [0.5, 0.6) is 0 Å². The minimum absolute atomic E-state index is 0. The van der Waals surface area contributed by atoms with Crippen LogP contribution in [0, 0.1) is 0 Å². The molecule has 186 valence electrons. The van der Waals surface area contributed by atoms with Gasteiger partial charge in [0.15, 0.2) is 0 Å². The number of hydrogen-bond donors (Lipinski definition) is 0. The molecular formula is C33H32Cl2SiZr. The van der Waals surface area contributed by atoms with Crippen molar-refractivity contribution in [3.63, 3.8) is 0 Å². The molecule has 4 aromatic rings. The van der Waals surface area contributed by atoms with Gasteiger partial charge in [-0.1, -0.05) is 0 Å². The van der Waals surface area contributed by atoms with E-state index in [9.17, 15) is 0 Å². The van der Waals surface area contributed by atoms with Gasteiger partial charge in [-0.25, -0.2) is 0 Å². The molecule has 0 aromatic heterocycles. The zero-order valence-corrected chi connectivity index (χ0v) is 26.6. The summed E-state index contributed by atoms with van der Waals surface area (Å²) in [6, 6.07) is 32.8. The zero-order valence-electron chi connectivity index (χ0n) is 21.3. The van der Waals surface area contributed by atoms with Crippen LogP contribution in [-0.4, -0.2) is 5.92 Å². The first-order chi connectivity index (χ1) is 17.2. The smallest absolute Gasteiger partial charge is 0.147 e. The second kappa shape index (κ2) is 10.3. The Bertz CT molecular complexity index is 1470. The summed E-state index contributed by atoms with van der Waals surface area (Å²) in [5.74, 6) is -1.09. The van der Waals surface area contributed by atoms with Crippen LogP contribution in [0.3, 0.4) is 0 Å². The van der Waals surface area contributed by atoms with Crippen molar-refractivity contribution < 1.29 is 19.4 Å². The van der Waals surface area contributed by atoms with Crippen LogP contribution in [-0.2, 0) is 32.3 Å². The second-order valence-corrected chi connectivity index (χ2v) is 34.8. The first-order valence-corrected chi connectivity index (χ1v) is 23.8. The molecule has 3 aliphatic carbocycles. The van der Waals surface area contributed by atoms with Gasteiger partial charge in [-0.15, -0.1) is 24.8 Å². The number of hydrogen-bond acceptors (Lipinski definition) is 0. The quantitative estimate of drug-likeness (QED) is 0.179. The third-order valence-electron chi connectivity index (χ3n) is 8.70. The van der Waals surface area contributed by atoms with Crippen LogP contribution in [0.2, 0.25) is 13.1 Å². The number of allylic oxidation sites excluding steroid dienone is 4. The van der Waals surface area contributed by atoms with Crippen molar-refractivity contribution in [2.75, 3.05) is 0 Å². The molecule has 0 spiro atoms. The van der Waals surface area contributed by atoms with E-state index in [1.807, 2.05) is 0 Å². The third-order valence-corrected chi connectivity index (χ3v) is 39.0. The molecule has 0 bridgehead atoms.